The summed E-state index contributed by atoms with van der Waals surface area (Å²) < 4.78 is 22.5. The molecule has 2 N–H and O–H groups in total. The molecule has 2 heterocycles. The zero-order chi connectivity index (χ0) is 10.7. The highest BCUT2D eigenvalue weighted by molar-refractivity contribution is 7.91. The minimum atomic E-state index is -2.73. The van der Waals surface area contributed by atoms with E-state index in [-0.39, 0.29) is 6.04 Å². The molecule has 4 nitrogen and oxygen atoms in total. The summed E-state index contributed by atoms with van der Waals surface area (Å²) in [6.45, 7) is 3.17. The maximum Gasteiger partial charge on any atom is 0.151 e. The van der Waals surface area contributed by atoms with Crippen LogP contribution in [0.4, 0.5) is 0 Å². The first-order valence-electron chi connectivity index (χ1n) is 5.80. The van der Waals surface area contributed by atoms with Gasteiger partial charge in [0.1, 0.15) is 0 Å². The maximum absolute atomic E-state index is 11.2. The summed E-state index contributed by atoms with van der Waals surface area (Å²) in [4.78, 5) is 0. The molecular weight excluding hydrogens is 212 g/mol. The van der Waals surface area contributed by atoms with Crippen molar-refractivity contribution in [2.75, 3.05) is 31.1 Å². The summed E-state index contributed by atoms with van der Waals surface area (Å²) in [5.41, 5.74) is 0. The van der Waals surface area contributed by atoms with Crippen LogP contribution in [0.3, 0.4) is 0 Å². The van der Waals surface area contributed by atoms with Gasteiger partial charge in [-0.3, -0.25) is 0 Å². The SMILES string of the molecule is O=S1(=O)CCC(NCC2CCCNC2)C1. The quantitative estimate of drug-likeness (QED) is 0.705. The van der Waals surface area contributed by atoms with Gasteiger partial charge in [0.05, 0.1) is 11.5 Å². The van der Waals surface area contributed by atoms with Gasteiger partial charge < -0.3 is 10.6 Å². The van der Waals surface area contributed by atoms with Gasteiger partial charge in [-0.2, -0.15) is 0 Å². The Morgan fingerprint density at radius 3 is 2.80 bits per heavy atom. The first-order chi connectivity index (χ1) is 7.16. The molecule has 2 unspecified atom stereocenters. The Hall–Kier alpha value is -0.130. The molecule has 2 atom stereocenters. The van der Waals surface area contributed by atoms with Crippen molar-refractivity contribution >= 4 is 9.84 Å². The third-order valence-electron chi connectivity index (χ3n) is 3.33. The van der Waals surface area contributed by atoms with Gasteiger partial charge in [-0.05, 0) is 44.8 Å². The van der Waals surface area contributed by atoms with Crippen molar-refractivity contribution in [2.24, 2.45) is 5.92 Å². The van der Waals surface area contributed by atoms with Crippen molar-refractivity contribution in [3.63, 3.8) is 0 Å². The number of nitrogens with one attached hydrogen (secondary N) is 2. The third kappa shape index (κ3) is 3.43. The van der Waals surface area contributed by atoms with Gasteiger partial charge in [-0.1, -0.05) is 0 Å². The lowest BCUT2D eigenvalue weighted by atomic mass is 9.99. The van der Waals surface area contributed by atoms with Gasteiger partial charge in [0.25, 0.3) is 0 Å². The van der Waals surface area contributed by atoms with Crippen molar-refractivity contribution in [1.29, 1.82) is 0 Å². The summed E-state index contributed by atoms with van der Waals surface area (Å²) in [7, 11) is -2.73. The standard InChI is InChI=1S/C10H20N2O2S/c13-15(14)5-3-10(8-15)12-7-9-2-1-4-11-6-9/h9-12H,1-8H2. The fourth-order valence-corrected chi connectivity index (χ4v) is 4.10. The molecule has 0 spiro atoms. The van der Waals surface area contributed by atoms with Crippen LogP contribution in [0, 0.1) is 5.92 Å². The predicted octanol–water partition coefficient (Wildman–Crippen LogP) is -0.237. The van der Waals surface area contributed by atoms with Crippen molar-refractivity contribution in [1.82, 2.24) is 10.6 Å². The van der Waals surface area contributed by atoms with E-state index in [9.17, 15) is 8.42 Å². The second-order valence-corrected chi connectivity index (χ2v) is 6.95. The molecule has 15 heavy (non-hydrogen) atoms. The smallest absolute Gasteiger partial charge is 0.151 e. The highest BCUT2D eigenvalue weighted by Crippen LogP contribution is 2.13. The largest absolute Gasteiger partial charge is 0.316 e. The monoisotopic (exact) mass is 232 g/mol. The molecule has 88 valence electrons. The van der Waals surface area contributed by atoms with Crippen LogP contribution in [0.15, 0.2) is 0 Å². The van der Waals surface area contributed by atoms with Gasteiger partial charge in [-0.15, -0.1) is 0 Å². The highest BCUT2D eigenvalue weighted by atomic mass is 32.2. The molecule has 0 radical (unpaired) electrons. The van der Waals surface area contributed by atoms with E-state index in [4.69, 9.17) is 0 Å². The minimum Gasteiger partial charge on any atom is -0.316 e. The van der Waals surface area contributed by atoms with E-state index < -0.39 is 9.84 Å². The maximum atomic E-state index is 11.2. The van der Waals surface area contributed by atoms with E-state index in [1.54, 1.807) is 0 Å². The molecule has 2 aliphatic heterocycles. The zero-order valence-electron chi connectivity index (χ0n) is 9.04. The first kappa shape index (κ1) is 11.4. The first-order valence-corrected chi connectivity index (χ1v) is 7.62. The van der Waals surface area contributed by atoms with E-state index in [1.165, 1.54) is 12.8 Å². The molecule has 2 fully saturated rings. The van der Waals surface area contributed by atoms with Crippen LogP contribution >= 0.6 is 0 Å². The molecule has 0 bridgehead atoms. The summed E-state index contributed by atoms with van der Waals surface area (Å²) >= 11 is 0. The minimum absolute atomic E-state index is 0.205. The molecule has 5 heteroatoms. The molecule has 0 aromatic heterocycles. The highest BCUT2D eigenvalue weighted by Gasteiger charge is 2.27. The second-order valence-electron chi connectivity index (χ2n) is 4.72. The summed E-state index contributed by atoms with van der Waals surface area (Å²) in [5.74, 6) is 1.39. The van der Waals surface area contributed by atoms with Crippen LogP contribution in [-0.4, -0.2) is 45.6 Å². The number of sulfone groups is 1. The Bertz CT molecular complexity index is 297. The Labute approximate surface area is 91.7 Å². The summed E-state index contributed by atoms with van der Waals surface area (Å²) in [5, 5.41) is 6.76. The number of piperidine rings is 1. The number of hydrogen-bond acceptors (Lipinski definition) is 4. The van der Waals surface area contributed by atoms with Crippen LogP contribution in [-0.2, 0) is 9.84 Å². The van der Waals surface area contributed by atoms with Gasteiger partial charge in [-0.25, -0.2) is 8.42 Å². The predicted molar refractivity (Wildman–Crippen MR) is 60.7 cm³/mol. The lowest BCUT2D eigenvalue weighted by molar-refractivity contribution is 0.348. The molecule has 2 aliphatic rings. The summed E-state index contributed by atoms with van der Waals surface area (Å²) in [6.07, 6.45) is 3.30. The van der Waals surface area contributed by atoms with Gasteiger partial charge >= 0.3 is 0 Å². The Kier molecular flexibility index (Phi) is 3.64. The van der Waals surface area contributed by atoms with Crippen LogP contribution in [0.5, 0.6) is 0 Å². The van der Waals surface area contributed by atoms with Crippen LogP contribution < -0.4 is 10.6 Å². The fraction of sp³-hybridized carbons (Fsp3) is 1.00. The molecule has 0 aromatic rings. The molecule has 0 aromatic carbocycles. The topological polar surface area (TPSA) is 58.2 Å². The third-order valence-corrected chi connectivity index (χ3v) is 5.09. The van der Waals surface area contributed by atoms with E-state index in [0.29, 0.717) is 17.4 Å². The zero-order valence-corrected chi connectivity index (χ0v) is 9.85. The average Bonchev–Trinajstić information content (AvgIpc) is 2.57. The van der Waals surface area contributed by atoms with Crippen molar-refractivity contribution in [3.8, 4) is 0 Å². The number of hydrogen-bond donors (Lipinski definition) is 2. The molecule has 2 saturated heterocycles. The Balaban J connectivity index is 1.70. The Morgan fingerprint density at radius 2 is 2.20 bits per heavy atom. The summed E-state index contributed by atoms with van der Waals surface area (Å²) in [6, 6.07) is 0.205. The van der Waals surface area contributed by atoms with Crippen molar-refractivity contribution in [2.45, 2.75) is 25.3 Å². The van der Waals surface area contributed by atoms with E-state index in [1.807, 2.05) is 0 Å². The molecule has 0 saturated carbocycles. The molecular formula is C10H20N2O2S. The van der Waals surface area contributed by atoms with Crippen LogP contribution in [0.25, 0.3) is 0 Å². The van der Waals surface area contributed by atoms with E-state index >= 15 is 0 Å². The molecule has 0 amide bonds. The van der Waals surface area contributed by atoms with Crippen molar-refractivity contribution < 1.29 is 8.42 Å². The molecule has 2 rings (SSSR count). The van der Waals surface area contributed by atoms with E-state index in [0.717, 1.165) is 26.1 Å². The normalized spacial score (nSPS) is 35.5. The van der Waals surface area contributed by atoms with Gasteiger partial charge in [0.2, 0.25) is 0 Å². The number of rotatable bonds is 3. The molecule has 0 aliphatic carbocycles. The average molecular weight is 232 g/mol. The van der Waals surface area contributed by atoms with Crippen LogP contribution in [0.2, 0.25) is 0 Å². The Morgan fingerprint density at radius 1 is 1.33 bits per heavy atom. The second kappa shape index (κ2) is 4.80. The van der Waals surface area contributed by atoms with Gasteiger partial charge in [0, 0.05) is 6.04 Å². The lowest BCUT2D eigenvalue weighted by Crippen LogP contribution is -2.40. The van der Waals surface area contributed by atoms with Crippen LogP contribution in [0.1, 0.15) is 19.3 Å². The van der Waals surface area contributed by atoms with E-state index in [2.05, 4.69) is 10.6 Å². The fourth-order valence-electron chi connectivity index (χ4n) is 2.39. The van der Waals surface area contributed by atoms with Gasteiger partial charge in [0.15, 0.2) is 9.84 Å². The van der Waals surface area contributed by atoms with Crippen molar-refractivity contribution in [3.05, 3.63) is 0 Å². The lowest BCUT2D eigenvalue weighted by Gasteiger charge is -2.24.